The molecule has 1 atom stereocenters. The largest absolute Gasteiger partial charge is 0.496 e. The van der Waals surface area contributed by atoms with Gasteiger partial charge in [-0.3, -0.25) is 0 Å². The first-order chi connectivity index (χ1) is 10.8. The lowest BCUT2D eigenvalue weighted by Gasteiger charge is -2.25. The molecule has 0 amide bonds. The van der Waals surface area contributed by atoms with E-state index in [1.54, 1.807) is 7.11 Å². The number of benzene rings is 2. The zero-order valence-corrected chi connectivity index (χ0v) is 14.2. The highest BCUT2D eigenvalue weighted by Crippen LogP contribution is 2.34. The van der Waals surface area contributed by atoms with Crippen molar-refractivity contribution in [3.8, 4) is 5.75 Å². The Hall–Kier alpha value is -1.97. The summed E-state index contributed by atoms with van der Waals surface area (Å²) < 4.78 is 5.38. The first-order valence-electron chi connectivity index (χ1n) is 7.75. The Labute approximate surface area is 142 Å². The van der Waals surface area contributed by atoms with Crippen LogP contribution in [0.3, 0.4) is 0 Å². The number of ether oxygens (including phenoxy) is 1. The molecule has 1 aromatic heterocycles. The minimum atomic E-state index is 0. The maximum Gasteiger partial charge on any atom is 0.121 e. The van der Waals surface area contributed by atoms with E-state index in [0.29, 0.717) is 0 Å². The van der Waals surface area contributed by atoms with Gasteiger partial charge in [0.1, 0.15) is 5.75 Å². The van der Waals surface area contributed by atoms with E-state index in [4.69, 9.17) is 4.74 Å². The van der Waals surface area contributed by atoms with Crippen LogP contribution in [0.5, 0.6) is 5.75 Å². The number of aromatic amines is 1. The Morgan fingerprint density at radius 2 is 1.96 bits per heavy atom. The number of halogens is 1. The van der Waals surface area contributed by atoms with Gasteiger partial charge >= 0.3 is 0 Å². The van der Waals surface area contributed by atoms with Crippen molar-refractivity contribution in [3.63, 3.8) is 0 Å². The monoisotopic (exact) mass is 328 g/mol. The molecule has 0 saturated carbocycles. The van der Waals surface area contributed by atoms with E-state index in [1.165, 1.54) is 33.3 Å². The summed E-state index contributed by atoms with van der Waals surface area (Å²) in [5, 5.41) is 5.00. The van der Waals surface area contributed by atoms with Crippen LogP contribution in [0.4, 0.5) is 0 Å². The van der Waals surface area contributed by atoms with Crippen LogP contribution >= 0.6 is 12.4 Å². The van der Waals surface area contributed by atoms with Crippen molar-refractivity contribution in [3.05, 3.63) is 64.8 Å². The van der Waals surface area contributed by atoms with Crippen LogP contribution in [0.25, 0.3) is 10.9 Å². The number of fused-ring (bicyclic) bond motifs is 3. The van der Waals surface area contributed by atoms with E-state index in [-0.39, 0.29) is 18.4 Å². The molecule has 120 valence electrons. The van der Waals surface area contributed by atoms with E-state index in [0.717, 1.165) is 18.7 Å². The summed E-state index contributed by atoms with van der Waals surface area (Å²) in [5.41, 5.74) is 6.44. The SMILES string of the molecule is COc1ccc(C2NCCc3c2[nH]c2ccccc32)cc1C.Cl. The summed E-state index contributed by atoms with van der Waals surface area (Å²) in [6, 6.07) is 15.2. The second-order valence-corrected chi connectivity index (χ2v) is 5.93. The average Bonchev–Trinajstić information content (AvgIpc) is 2.93. The number of aromatic nitrogens is 1. The van der Waals surface area contributed by atoms with Crippen LogP contribution < -0.4 is 10.1 Å². The molecule has 1 aliphatic heterocycles. The third-order valence-corrected chi connectivity index (χ3v) is 4.61. The molecule has 4 rings (SSSR count). The van der Waals surface area contributed by atoms with Crippen LogP contribution in [0.2, 0.25) is 0 Å². The lowest BCUT2D eigenvalue weighted by molar-refractivity contribution is 0.411. The first kappa shape index (κ1) is 15.9. The van der Waals surface area contributed by atoms with Gasteiger partial charge in [0, 0.05) is 23.1 Å². The van der Waals surface area contributed by atoms with Crippen molar-refractivity contribution >= 4 is 23.3 Å². The fourth-order valence-electron chi connectivity index (χ4n) is 3.55. The molecule has 23 heavy (non-hydrogen) atoms. The van der Waals surface area contributed by atoms with Gasteiger partial charge in [0.15, 0.2) is 0 Å². The standard InChI is InChI=1S/C19H20N2O.ClH/c1-12-11-13(7-8-17(12)22-2)18-19-15(9-10-20-18)14-5-3-4-6-16(14)21-19;/h3-8,11,18,20-21H,9-10H2,1-2H3;1H. The lowest BCUT2D eigenvalue weighted by Crippen LogP contribution is -2.30. The normalized spacial score (nSPS) is 16.7. The van der Waals surface area contributed by atoms with Crippen molar-refractivity contribution in [2.45, 2.75) is 19.4 Å². The van der Waals surface area contributed by atoms with Gasteiger partial charge in [-0.05, 0) is 42.2 Å². The summed E-state index contributed by atoms with van der Waals surface area (Å²) >= 11 is 0. The molecule has 0 saturated heterocycles. The average molecular weight is 329 g/mol. The fourth-order valence-corrected chi connectivity index (χ4v) is 3.55. The molecule has 3 nitrogen and oxygen atoms in total. The number of para-hydroxylation sites is 1. The van der Waals surface area contributed by atoms with Crippen LogP contribution in [0.1, 0.15) is 28.4 Å². The Kier molecular flexibility index (Phi) is 4.33. The van der Waals surface area contributed by atoms with Crippen LogP contribution in [-0.4, -0.2) is 18.6 Å². The zero-order valence-electron chi connectivity index (χ0n) is 13.3. The highest BCUT2D eigenvalue weighted by Gasteiger charge is 2.25. The molecule has 0 bridgehead atoms. The quantitative estimate of drug-likeness (QED) is 0.741. The minimum Gasteiger partial charge on any atom is -0.496 e. The molecule has 1 unspecified atom stereocenters. The third-order valence-electron chi connectivity index (χ3n) is 4.61. The summed E-state index contributed by atoms with van der Waals surface area (Å²) in [4.78, 5) is 3.62. The van der Waals surface area contributed by atoms with Gasteiger partial charge in [-0.15, -0.1) is 12.4 Å². The number of H-pyrrole nitrogens is 1. The van der Waals surface area contributed by atoms with Gasteiger partial charge in [-0.1, -0.05) is 30.3 Å². The van der Waals surface area contributed by atoms with Crippen LogP contribution in [0.15, 0.2) is 42.5 Å². The molecule has 2 aromatic carbocycles. The maximum absolute atomic E-state index is 5.38. The predicted octanol–water partition coefficient (Wildman–Crippen LogP) is 4.14. The minimum absolute atomic E-state index is 0. The van der Waals surface area contributed by atoms with Crippen molar-refractivity contribution in [1.82, 2.24) is 10.3 Å². The highest BCUT2D eigenvalue weighted by molar-refractivity contribution is 5.85. The molecular weight excluding hydrogens is 308 g/mol. The van der Waals surface area contributed by atoms with Crippen molar-refractivity contribution in [1.29, 1.82) is 0 Å². The van der Waals surface area contributed by atoms with Gasteiger partial charge in [0.2, 0.25) is 0 Å². The second-order valence-electron chi connectivity index (χ2n) is 5.93. The topological polar surface area (TPSA) is 37.0 Å². The van der Waals surface area contributed by atoms with Gasteiger partial charge in [0.05, 0.1) is 13.2 Å². The smallest absolute Gasteiger partial charge is 0.121 e. The van der Waals surface area contributed by atoms with E-state index in [9.17, 15) is 0 Å². The Morgan fingerprint density at radius 3 is 2.74 bits per heavy atom. The summed E-state index contributed by atoms with van der Waals surface area (Å²) in [5.74, 6) is 0.941. The molecule has 0 fully saturated rings. The summed E-state index contributed by atoms with van der Waals surface area (Å²) in [6.07, 6.45) is 1.07. The molecular formula is C19H21ClN2O. The molecule has 2 N–H and O–H groups in total. The van der Waals surface area contributed by atoms with E-state index in [1.807, 2.05) is 0 Å². The van der Waals surface area contributed by atoms with Gasteiger partial charge in [-0.25, -0.2) is 0 Å². The first-order valence-corrected chi connectivity index (χ1v) is 7.75. The van der Waals surface area contributed by atoms with Gasteiger partial charge in [0.25, 0.3) is 0 Å². The van der Waals surface area contributed by atoms with E-state index < -0.39 is 0 Å². The third kappa shape index (κ3) is 2.60. The molecule has 3 aromatic rings. The van der Waals surface area contributed by atoms with Crippen molar-refractivity contribution in [2.75, 3.05) is 13.7 Å². The number of rotatable bonds is 2. The fraction of sp³-hybridized carbons (Fsp3) is 0.263. The number of hydrogen-bond donors (Lipinski definition) is 2. The molecule has 0 radical (unpaired) electrons. The predicted molar refractivity (Wildman–Crippen MR) is 96.8 cm³/mol. The van der Waals surface area contributed by atoms with Crippen molar-refractivity contribution in [2.24, 2.45) is 0 Å². The Bertz CT molecular complexity index is 841. The zero-order chi connectivity index (χ0) is 15.1. The Morgan fingerprint density at radius 1 is 1.13 bits per heavy atom. The molecule has 1 aliphatic rings. The summed E-state index contributed by atoms with van der Waals surface area (Å²) in [6.45, 7) is 3.10. The molecule has 4 heteroatoms. The highest BCUT2D eigenvalue weighted by atomic mass is 35.5. The van der Waals surface area contributed by atoms with Crippen molar-refractivity contribution < 1.29 is 4.74 Å². The molecule has 0 aliphatic carbocycles. The maximum atomic E-state index is 5.38. The number of aryl methyl sites for hydroxylation is 1. The molecule has 2 heterocycles. The van der Waals surface area contributed by atoms with Crippen LogP contribution in [-0.2, 0) is 6.42 Å². The van der Waals surface area contributed by atoms with Crippen LogP contribution in [0, 0.1) is 6.92 Å². The summed E-state index contributed by atoms with van der Waals surface area (Å²) in [7, 11) is 1.72. The number of hydrogen-bond acceptors (Lipinski definition) is 2. The lowest BCUT2D eigenvalue weighted by atomic mass is 9.93. The van der Waals surface area contributed by atoms with Gasteiger partial charge < -0.3 is 15.0 Å². The molecule has 0 spiro atoms. The second kappa shape index (κ2) is 6.26. The van der Waals surface area contributed by atoms with E-state index >= 15 is 0 Å². The van der Waals surface area contributed by atoms with E-state index in [2.05, 4.69) is 59.7 Å². The number of methoxy groups -OCH3 is 1. The number of nitrogens with one attached hydrogen (secondary N) is 2. The van der Waals surface area contributed by atoms with Gasteiger partial charge in [-0.2, -0.15) is 0 Å². The Balaban J connectivity index is 0.00000156.